The number of aryl methyl sites for hydroxylation is 3. The van der Waals surface area contributed by atoms with Crippen molar-refractivity contribution in [1.29, 1.82) is 0 Å². The number of hydrogen-bond donors (Lipinski definition) is 2. The van der Waals surface area contributed by atoms with E-state index in [2.05, 4.69) is 10.3 Å². The summed E-state index contributed by atoms with van der Waals surface area (Å²) in [4.78, 5) is 29.8. The van der Waals surface area contributed by atoms with Crippen LogP contribution in [0.25, 0.3) is 22.1 Å². The summed E-state index contributed by atoms with van der Waals surface area (Å²) in [6, 6.07) is 5.96. The van der Waals surface area contributed by atoms with Gasteiger partial charge in [0.25, 0.3) is 11.5 Å². The maximum atomic E-state index is 13.9. The van der Waals surface area contributed by atoms with Gasteiger partial charge in [0.1, 0.15) is 11.6 Å². The highest BCUT2D eigenvalue weighted by molar-refractivity contribution is 6.01. The predicted molar refractivity (Wildman–Crippen MR) is 134 cm³/mol. The zero-order valence-electron chi connectivity index (χ0n) is 21.0. The fourth-order valence-electron chi connectivity index (χ4n) is 4.02. The molecule has 2 N–H and O–H groups in total. The largest absolute Gasteiger partial charge is 0.445 e. The molecule has 188 valence electrons. The Bertz CT molecular complexity index is 1520. The van der Waals surface area contributed by atoms with Crippen molar-refractivity contribution in [3.05, 3.63) is 75.3 Å². The minimum Gasteiger partial charge on any atom is -0.445 e. The molecule has 0 bridgehead atoms. The average molecular weight is 494 g/mol. The van der Waals surface area contributed by atoms with Crippen LogP contribution in [0, 0.1) is 19.7 Å². The molecule has 0 aliphatic rings. The predicted octanol–water partition coefficient (Wildman–Crippen LogP) is 4.72. The minimum atomic E-state index is -1.22. The smallest absolute Gasteiger partial charge is 0.293 e. The van der Waals surface area contributed by atoms with E-state index >= 15 is 0 Å². The first-order valence-corrected chi connectivity index (χ1v) is 11.5. The molecule has 36 heavy (non-hydrogen) atoms. The molecule has 3 aromatic heterocycles. The van der Waals surface area contributed by atoms with Crippen LogP contribution in [0.1, 0.15) is 48.0 Å². The summed E-state index contributed by atoms with van der Waals surface area (Å²) in [5.74, 6) is -0.201. The van der Waals surface area contributed by atoms with E-state index < -0.39 is 17.1 Å². The highest BCUT2D eigenvalue weighted by Crippen LogP contribution is 2.39. The standard InChI is InChI=1S/C27H28FN3O5/c1-7-29-24(32)21-11-18-20(13-31(6)26(33)23(18)35-21)19-10-16(27(4,5)34)12-30-25(19)36-22-14(2)8-17(28)9-15(22)3/h8-13,34H,7H2,1-6H3,(H,29,32). The van der Waals surface area contributed by atoms with Gasteiger partial charge in [-0.25, -0.2) is 9.37 Å². The number of furan rings is 1. The van der Waals surface area contributed by atoms with Crippen LogP contribution in [0.4, 0.5) is 4.39 Å². The number of nitrogens with zero attached hydrogens (tertiary/aromatic N) is 2. The third kappa shape index (κ3) is 4.61. The quantitative estimate of drug-likeness (QED) is 0.403. The third-order valence-corrected chi connectivity index (χ3v) is 5.89. The van der Waals surface area contributed by atoms with Gasteiger partial charge in [-0.05, 0) is 70.0 Å². The van der Waals surface area contributed by atoms with Crippen LogP contribution >= 0.6 is 0 Å². The summed E-state index contributed by atoms with van der Waals surface area (Å²) in [7, 11) is 1.57. The van der Waals surface area contributed by atoms with Crippen molar-refractivity contribution in [2.75, 3.05) is 6.54 Å². The SMILES string of the molecule is CCNC(=O)c1cc2c(-c3cc(C(C)(C)O)cnc3Oc3c(C)cc(F)cc3C)cn(C)c(=O)c2o1. The number of pyridine rings is 2. The summed E-state index contributed by atoms with van der Waals surface area (Å²) in [6.45, 7) is 8.90. The van der Waals surface area contributed by atoms with E-state index in [-0.39, 0.29) is 23.0 Å². The van der Waals surface area contributed by atoms with Crippen molar-refractivity contribution in [2.45, 2.75) is 40.2 Å². The van der Waals surface area contributed by atoms with Crippen molar-refractivity contribution >= 4 is 16.9 Å². The Balaban J connectivity index is 2.00. The van der Waals surface area contributed by atoms with Gasteiger partial charge >= 0.3 is 0 Å². The molecule has 0 atom stereocenters. The number of amides is 1. The van der Waals surface area contributed by atoms with Gasteiger partial charge in [0.15, 0.2) is 5.76 Å². The molecule has 1 aromatic carbocycles. The van der Waals surface area contributed by atoms with Crippen molar-refractivity contribution in [1.82, 2.24) is 14.9 Å². The molecule has 0 aliphatic heterocycles. The number of fused-ring (bicyclic) bond motifs is 1. The topological polar surface area (TPSA) is 107 Å². The van der Waals surface area contributed by atoms with Gasteiger partial charge in [-0.1, -0.05) is 0 Å². The molecule has 0 aliphatic carbocycles. The first kappa shape index (κ1) is 25.1. The average Bonchev–Trinajstić information content (AvgIpc) is 3.24. The lowest BCUT2D eigenvalue weighted by molar-refractivity contribution is 0.0782. The summed E-state index contributed by atoms with van der Waals surface area (Å²) < 4.78 is 27.1. The number of carbonyl (C=O) groups excluding carboxylic acids is 1. The number of benzene rings is 1. The van der Waals surface area contributed by atoms with Gasteiger partial charge in [-0.3, -0.25) is 9.59 Å². The summed E-state index contributed by atoms with van der Waals surface area (Å²) >= 11 is 0. The molecule has 8 nitrogen and oxygen atoms in total. The number of carbonyl (C=O) groups is 1. The van der Waals surface area contributed by atoms with Gasteiger partial charge in [0.2, 0.25) is 11.5 Å². The summed E-state index contributed by atoms with van der Waals surface area (Å²) in [5.41, 5.74) is 1.02. The van der Waals surface area contributed by atoms with E-state index in [0.29, 0.717) is 45.5 Å². The Labute approximate surface area is 207 Å². The van der Waals surface area contributed by atoms with E-state index in [9.17, 15) is 19.1 Å². The lowest BCUT2D eigenvalue weighted by atomic mass is 9.96. The second kappa shape index (κ2) is 9.23. The van der Waals surface area contributed by atoms with Crippen LogP contribution < -0.4 is 15.6 Å². The maximum absolute atomic E-state index is 13.9. The maximum Gasteiger partial charge on any atom is 0.293 e. The van der Waals surface area contributed by atoms with E-state index in [0.717, 1.165) is 0 Å². The van der Waals surface area contributed by atoms with Crippen molar-refractivity contribution < 1.29 is 23.4 Å². The number of aromatic nitrogens is 2. The highest BCUT2D eigenvalue weighted by atomic mass is 19.1. The number of aliphatic hydroxyl groups is 1. The first-order chi connectivity index (χ1) is 16.9. The van der Waals surface area contributed by atoms with Crippen LogP contribution in [0.5, 0.6) is 11.6 Å². The number of nitrogens with one attached hydrogen (secondary N) is 1. The van der Waals surface area contributed by atoms with Gasteiger partial charge < -0.3 is 24.1 Å². The number of hydrogen-bond acceptors (Lipinski definition) is 6. The molecule has 0 fully saturated rings. The van der Waals surface area contributed by atoms with Crippen molar-refractivity contribution in [3.8, 4) is 22.8 Å². The Morgan fingerprint density at radius 3 is 2.47 bits per heavy atom. The molecule has 4 rings (SSSR count). The summed E-state index contributed by atoms with van der Waals surface area (Å²) in [6.07, 6.45) is 3.10. The summed E-state index contributed by atoms with van der Waals surface area (Å²) in [5, 5.41) is 13.7. The minimum absolute atomic E-state index is 0.00399. The van der Waals surface area contributed by atoms with Gasteiger partial charge in [0.05, 0.1) is 5.60 Å². The molecule has 3 heterocycles. The molecular formula is C27H28FN3O5. The second-order valence-corrected chi connectivity index (χ2v) is 9.28. The van der Waals surface area contributed by atoms with Gasteiger partial charge in [-0.15, -0.1) is 0 Å². The van der Waals surface area contributed by atoms with Crippen LogP contribution in [0.15, 0.2) is 45.9 Å². The van der Waals surface area contributed by atoms with Gasteiger partial charge in [0, 0.05) is 48.1 Å². The third-order valence-electron chi connectivity index (χ3n) is 5.89. The lowest BCUT2D eigenvalue weighted by Gasteiger charge is -2.21. The molecule has 1 amide bonds. The second-order valence-electron chi connectivity index (χ2n) is 9.28. The van der Waals surface area contributed by atoms with Crippen LogP contribution in [0.3, 0.4) is 0 Å². The fourth-order valence-corrected chi connectivity index (χ4v) is 4.02. The first-order valence-electron chi connectivity index (χ1n) is 11.5. The fraction of sp³-hybridized carbons (Fsp3) is 0.296. The zero-order valence-corrected chi connectivity index (χ0v) is 21.0. The molecule has 0 saturated carbocycles. The van der Waals surface area contributed by atoms with Crippen LogP contribution in [-0.2, 0) is 12.6 Å². The van der Waals surface area contributed by atoms with E-state index in [1.165, 1.54) is 29.0 Å². The van der Waals surface area contributed by atoms with Gasteiger partial charge in [-0.2, -0.15) is 0 Å². The monoisotopic (exact) mass is 493 g/mol. The molecule has 0 unspecified atom stereocenters. The molecule has 0 radical (unpaired) electrons. The highest BCUT2D eigenvalue weighted by Gasteiger charge is 2.25. The lowest BCUT2D eigenvalue weighted by Crippen LogP contribution is -2.22. The molecule has 9 heteroatoms. The van der Waals surface area contributed by atoms with Crippen LogP contribution in [0.2, 0.25) is 0 Å². The van der Waals surface area contributed by atoms with Crippen LogP contribution in [-0.4, -0.2) is 27.1 Å². The van der Waals surface area contributed by atoms with E-state index in [1.54, 1.807) is 53.9 Å². The number of ether oxygens (including phenoxy) is 1. The van der Waals surface area contributed by atoms with E-state index in [4.69, 9.17) is 9.15 Å². The van der Waals surface area contributed by atoms with Crippen molar-refractivity contribution in [3.63, 3.8) is 0 Å². The zero-order chi connectivity index (χ0) is 26.4. The molecule has 4 aromatic rings. The Morgan fingerprint density at radius 2 is 1.86 bits per heavy atom. The normalized spacial score (nSPS) is 11.7. The number of rotatable bonds is 6. The number of halogens is 1. The molecule has 0 spiro atoms. The molecule has 0 saturated heterocycles. The Kier molecular flexibility index (Phi) is 6.44. The Morgan fingerprint density at radius 1 is 1.19 bits per heavy atom. The molecular weight excluding hydrogens is 465 g/mol. The Hall–Kier alpha value is -3.98. The van der Waals surface area contributed by atoms with Crippen molar-refractivity contribution in [2.24, 2.45) is 7.05 Å². The van der Waals surface area contributed by atoms with E-state index in [1.807, 2.05) is 0 Å².